The molecular weight excluding hydrogens is 484 g/mol. The molecular formula is C24H22BrClO3S. The van der Waals surface area contributed by atoms with Crippen LogP contribution in [0.4, 0.5) is 0 Å². The molecule has 3 aromatic rings. The van der Waals surface area contributed by atoms with Gasteiger partial charge in [0.2, 0.25) is 0 Å². The molecule has 0 aliphatic rings. The second-order valence-corrected chi connectivity index (χ2v) is 9.14. The van der Waals surface area contributed by atoms with Gasteiger partial charge >= 0.3 is 0 Å². The molecule has 3 nitrogen and oxygen atoms in total. The maximum Gasteiger partial charge on any atom is 0.195 e. The first-order chi connectivity index (χ1) is 14.5. The molecule has 3 rings (SSSR count). The number of hydrogen-bond donors (Lipinski definition) is 0. The number of ether oxygens (including phenoxy) is 2. The average molecular weight is 506 g/mol. The predicted molar refractivity (Wildman–Crippen MR) is 128 cm³/mol. The number of methoxy groups -OCH3 is 1. The van der Waals surface area contributed by atoms with Crippen molar-refractivity contribution in [1.29, 1.82) is 0 Å². The second kappa shape index (κ2) is 10.8. The lowest BCUT2D eigenvalue weighted by Crippen LogP contribution is -2.00. The van der Waals surface area contributed by atoms with Crippen molar-refractivity contribution in [2.75, 3.05) is 7.11 Å². The van der Waals surface area contributed by atoms with E-state index in [4.69, 9.17) is 21.1 Å². The molecule has 1 aromatic heterocycles. The third kappa shape index (κ3) is 5.97. The number of halogens is 2. The smallest absolute Gasteiger partial charge is 0.195 e. The zero-order chi connectivity index (χ0) is 21.5. The fourth-order valence-corrected chi connectivity index (χ4v) is 4.67. The van der Waals surface area contributed by atoms with Gasteiger partial charge in [0, 0.05) is 14.9 Å². The number of rotatable bonds is 9. The molecule has 0 amide bonds. The van der Waals surface area contributed by atoms with E-state index in [9.17, 15) is 4.79 Å². The Morgan fingerprint density at radius 1 is 1.13 bits per heavy atom. The van der Waals surface area contributed by atoms with Gasteiger partial charge in [0.15, 0.2) is 5.78 Å². The minimum Gasteiger partial charge on any atom is -0.496 e. The van der Waals surface area contributed by atoms with Crippen LogP contribution in [0.5, 0.6) is 11.5 Å². The highest BCUT2D eigenvalue weighted by Crippen LogP contribution is 2.30. The van der Waals surface area contributed by atoms with Crippen LogP contribution in [0.3, 0.4) is 0 Å². The SMILES string of the molecule is CCCc1ccc(C(=O)/C=C/c2ccc(OC)c(COc3ccc(Br)cc3Cl)c2)s1. The lowest BCUT2D eigenvalue weighted by atomic mass is 10.1. The summed E-state index contributed by atoms with van der Waals surface area (Å²) in [6, 6.07) is 15.1. The van der Waals surface area contributed by atoms with E-state index >= 15 is 0 Å². The number of carbonyl (C=O) groups is 1. The Kier molecular flexibility index (Phi) is 8.14. The van der Waals surface area contributed by atoms with Crippen molar-refractivity contribution >= 4 is 50.7 Å². The van der Waals surface area contributed by atoms with Crippen molar-refractivity contribution in [1.82, 2.24) is 0 Å². The number of allylic oxidation sites excluding steroid dienone is 1. The molecule has 0 fully saturated rings. The van der Waals surface area contributed by atoms with Gasteiger partial charge in [0.25, 0.3) is 0 Å². The van der Waals surface area contributed by atoms with Crippen molar-refractivity contribution in [2.24, 2.45) is 0 Å². The molecule has 0 aliphatic heterocycles. The van der Waals surface area contributed by atoms with E-state index in [2.05, 4.69) is 22.9 Å². The molecule has 0 aliphatic carbocycles. The van der Waals surface area contributed by atoms with Gasteiger partial charge in [0.1, 0.15) is 18.1 Å². The van der Waals surface area contributed by atoms with Gasteiger partial charge < -0.3 is 9.47 Å². The zero-order valence-corrected chi connectivity index (χ0v) is 19.9. The van der Waals surface area contributed by atoms with E-state index in [0.717, 1.165) is 33.3 Å². The quantitative estimate of drug-likeness (QED) is 0.222. The van der Waals surface area contributed by atoms with Crippen molar-refractivity contribution in [3.8, 4) is 11.5 Å². The molecule has 156 valence electrons. The summed E-state index contributed by atoms with van der Waals surface area (Å²) in [4.78, 5) is 14.5. The average Bonchev–Trinajstić information content (AvgIpc) is 3.20. The molecule has 6 heteroatoms. The first-order valence-electron chi connectivity index (χ1n) is 9.56. The number of aryl methyl sites for hydroxylation is 1. The van der Waals surface area contributed by atoms with Gasteiger partial charge in [-0.25, -0.2) is 0 Å². The van der Waals surface area contributed by atoms with Gasteiger partial charge in [-0.05, 0) is 60.5 Å². The van der Waals surface area contributed by atoms with Crippen LogP contribution in [0.1, 0.15) is 39.0 Å². The van der Waals surface area contributed by atoms with E-state index < -0.39 is 0 Å². The predicted octanol–water partition coefficient (Wildman–Crippen LogP) is 7.60. The molecule has 30 heavy (non-hydrogen) atoms. The Morgan fingerprint density at radius 2 is 1.93 bits per heavy atom. The van der Waals surface area contributed by atoms with Gasteiger partial charge in [-0.15, -0.1) is 11.3 Å². The van der Waals surface area contributed by atoms with Crippen molar-refractivity contribution in [2.45, 2.75) is 26.4 Å². The second-order valence-electron chi connectivity index (χ2n) is 6.65. The van der Waals surface area contributed by atoms with E-state index in [1.165, 1.54) is 4.88 Å². The molecule has 2 aromatic carbocycles. The van der Waals surface area contributed by atoms with Crippen LogP contribution < -0.4 is 9.47 Å². The highest BCUT2D eigenvalue weighted by Gasteiger charge is 2.09. The Labute approximate surface area is 194 Å². The molecule has 0 spiro atoms. The summed E-state index contributed by atoms with van der Waals surface area (Å²) in [6.45, 7) is 2.43. The van der Waals surface area contributed by atoms with E-state index in [-0.39, 0.29) is 5.78 Å². The van der Waals surface area contributed by atoms with Crippen LogP contribution in [-0.2, 0) is 13.0 Å². The Morgan fingerprint density at radius 3 is 2.67 bits per heavy atom. The number of benzene rings is 2. The fourth-order valence-electron chi connectivity index (χ4n) is 2.91. The first kappa shape index (κ1) is 22.6. The number of carbonyl (C=O) groups excluding carboxylic acids is 1. The zero-order valence-electron chi connectivity index (χ0n) is 16.8. The summed E-state index contributed by atoms with van der Waals surface area (Å²) in [5.74, 6) is 1.32. The third-order valence-electron chi connectivity index (χ3n) is 4.41. The first-order valence-corrected chi connectivity index (χ1v) is 11.5. The van der Waals surface area contributed by atoms with Crippen LogP contribution in [0.2, 0.25) is 5.02 Å². The maximum absolute atomic E-state index is 12.5. The Balaban J connectivity index is 1.72. The van der Waals surface area contributed by atoms with E-state index in [1.54, 1.807) is 30.6 Å². The molecule has 0 bridgehead atoms. The van der Waals surface area contributed by atoms with Crippen molar-refractivity contribution < 1.29 is 14.3 Å². The summed E-state index contributed by atoms with van der Waals surface area (Å²) in [7, 11) is 1.62. The van der Waals surface area contributed by atoms with Gasteiger partial charge in [0.05, 0.1) is 17.0 Å². The van der Waals surface area contributed by atoms with Crippen LogP contribution in [-0.4, -0.2) is 12.9 Å². The van der Waals surface area contributed by atoms with Crippen molar-refractivity contribution in [3.63, 3.8) is 0 Å². The number of hydrogen-bond acceptors (Lipinski definition) is 4. The summed E-state index contributed by atoms with van der Waals surface area (Å²) in [5, 5.41) is 0.531. The summed E-state index contributed by atoms with van der Waals surface area (Å²) in [5.41, 5.74) is 1.77. The largest absolute Gasteiger partial charge is 0.496 e. The van der Waals surface area contributed by atoms with Crippen LogP contribution in [0.25, 0.3) is 6.08 Å². The lowest BCUT2D eigenvalue weighted by molar-refractivity contribution is 0.105. The van der Waals surface area contributed by atoms with Crippen molar-refractivity contribution in [3.05, 3.63) is 85.0 Å². The standard InChI is InChI=1S/C24H22BrClO3S/c1-3-4-19-8-12-24(30-19)21(27)9-5-16-6-10-22(28-2)17(13-16)15-29-23-11-7-18(25)14-20(23)26/h5-14H,3-4,15H2,1-2H3/b9-5+. The monoisotopic (exact) mass is 504 g/mol. The summed E-state index contributed by atoms with van der Waals surface area (Å²) >= 11 is 11.2. The van der Waals surface area contributed by atoms with Crippen LogP contribution in [0.15, 0.2) is 59.1 Å². The molecule has 0 radical (unpaired) electrons. The minimum absolute atomic E-state index is 0.0117. The molecule has 0 N–H and O–H groups in total. The molecule has 1 heterocycles. The lowest BCUT2D eigenvalue weighted by Gasteiger charge is -2.12. The highest BCUT2D eigenvalue weighted by molar-refractivity contribution is 9.10. The normalized spacial score (nSPS) is 11.1. The van der Waals surface area contributed by atoms with E-state index in [1.807, 2.05) is 48.5 Å². The van der Waals surface area contributed by atoms with Crippen LogP contribution >= 0.6 is 38.9 Å². The van der Waals surface area contributed by atoms with Gasteiger partial charge in [-0.1, -0.05) is 53.0 Å². The highest BCUT2D eigenvalue weighted by atomic mass is 79.9. The number of thiophene rings is 1. The Hall–Kier alpha value is -2.08. The maximum atomic E-state index is 12.5. The van der Waals surface area contributed by atoms with E-state index in [0.29, 0.717) is 23.1 Å². The molecule has 0 saturated carbocycles. The Bertz CT molecular complexity index is 1060. The fraction of sp³-hybridized carbons (Fsp3) is 0.208. The third-order valence-corrected chi connectivity index (χ3v) is 6.36. The molecule has 0 atom stereocenters. The topological polar surface area (TPSA) is 35.5 Å². The molecule has 0 unspecified atom stereocenters. The minimum atomic E-state index is 0.0117. The summed E-state index contributed by atoms with van der Waals surface area (Å²) < 4.78 is 12.2. The summed E-state index contributed by atoms with van der Waals surface area (Å²) in [6.07, 6.45) is 5.51. The molecule has 0 saturated heterocycles. The van der Waals surface area contributed by atoms with Gasteiger partial charge in [-0.2, -0.15) is 0 Å². The number of ketones is 1. The van der Waals surface area contributed by atoms with Gasteiger partial charge in [-0.3, -0.25) is 4.79 Å². The van der Waals surface area contributed by atoms with Crippen LogP contribution in [0, 0.1) is 0 Å².